The lowest BCUT2D eigenvalue weighted by atomic mass is 9.98. The fraction of sp³-hybridized carbons (Fsp3) is 0.217. The third-order valence-electron chi connectivity index (χ3n) is 4.57. The number of pyridine rings is 1. The summed E-state index contributed by atoms with van der Waals surface area (Å²) in [6.07, 6.45) is 2.27. The lowest BCUT2D eigenvalue weighted by Crippen LogP contribution is -2.31. The SMILES string of the molecule is COCCn1cc(C(=O)N[C@H](Cc2ccccc2)c2ccccc2)ccc1=O. The van der Waals surface area contributed by atoms with Crippen LogP contribution >= 0.6 is 0 Å². The van der Waals surface area contributed by atoms with Crippen molar-refractivity contribution in [3.63, 3.8) is 0 Å². The minimum Gasteiger partial charge on any atom is -0.383 e. The molecule has 0 fully saturated rings. The highest BCUT2D eigenvalue weighted by atomic mass is 16.5. The number of hydrogen-bond acceptors (Lipinski definition) is 3. The molecule has 0 saturated carbocycles. The van der Waals surface area contributed by atoms with Crippen LogP contribution in [-0.4, -0.2) is 24.2 Å². The molecule has 3 aromatic rings. The van der Waals surface area contributed by atoms with Crippen LogP contribution in [0.4, 0.5) is 0 Å². The van der Waals surface area contributed by atoms with Crippen LogP contribution in [0.5, 0.6) is 0 Å². The number of aromatic nitrogens is 1. The number of amides is 1. The molecule has 5 nitrogen and oxygen atoms in total. The van der Waals surface area contributed by atoms with E-state index in [1.54, 1.807) is 19.4 Å². The Labute approximate surface area is 164 Å². The van der Waals surface area contributed by atoms with Crippen molar-refractivity contribution in [3.05, 3.63) is 106 Å². The van der Waals surface area contributed by atoms with E-state index in [1.807, 2.05) is 60.7 Å². The van der Waals surface area contributed by atoms with E-state index >= 15 is 0 Å². The molecule has 0 aliphatic heterocycles. The van der Waals surface area contributed by atoms with Gasteiger partial charge in [0.25, 0.3) is 11.5 Å². The van der Waals surface area contributed by atoms with E-state index in [9.17, 15) is 9.59 Å². The van der Waals surface area contributed by atoms with Gasteiger partial charge in [0, 0.05) is 25.9 Å². The Hall–Kier alpha value is -3.18. The predicted molar refractivity (Wildman–Crippen MR) is 109 cm³/mol. The van der Waals surface area contributed by atoms with Gasteiger partial charge >= 0.3 is 0 Å². The molecule has 0 spiro atoms. The Bertz CT molecular complexity index is 952. The Balaban J connectivity index is 1.82. The first kappa shape index (κ1) is 19.6. The highest BCUT2D eigenvalue weighted by molar-refractivity contribution is 5.94. The zero-order valence-corrected chi connectivity index (χ0v) is 15.9. The van der Waals surface area contributed by atoms with E-state index in [2.05, 4.69) is 5.32 Å². The molecule has 0 bridgehead atoms. The first-order valence-electron chi connectivity index (χ1n) is 9.26. The first-order valence-corrected chi connectivity index (χ1v) is 9.26. The second-order valence-electron chi connectivity index (χ2n) is 6.57. The fourth-order valence-electron chi connectivity index (χ4n) is 3.06. The van der Waals surface area contributed by atoms with Gasteiger partial charge in [-0.3, -0.25) is 9.59 Å². The molecule has 0 aliphatic rings. The van der Waals surface area contributed by atoms with Crippen molar-refractivity contribution in [2.75, 3.05) is 13.7 Å². The highest BCUT2D eigenvalue weighted by Gasteiger charge is 2.17. The van der Waals surface area contributed by atoms with E-state index in [4.69, 9.17) is 4.74 Å². The molecule has 0 radical (unpaired) electrons. The van der Waals surface area contributed by atoms with E-state index in [0.717, 1.165) is 11.1 Å². The molecule has 28 heavy (non-hydrogen) atoms. The van der Waals surface area contributed by atoms with E-state index in [0.29, 0.717) is 25.1 Å². The summed E-state index contributed by atoms with van der Waals surface area (Å²) in [5.41, 5.74) is 2.47. The van der Waals surface area contributed by atoms with Crippen LogP contribution in [0.3, 0.4) is 0 Å². The lowest BCUT2D eigenvalue weighted by Gasteiger charge is -2.20. The Kier molecular flexibility index (Phi) is 6.76. The smallest absolute Gasteiger partial charge is 0.253 e. The third-order valence-corrected chi connectivity index (χ3v) is 4.57. The van der Waals surface area contributed by atoms with Gasteiger partial charge in [0.1, 0.15) is 0 Å². The molecule has 0 unspecified atom stereocenters. The van der Waals surface area contributed by atoms with Crippen LogP contribution in [0.1, 0.15) is 27.5 Å². The molecule has 0 saturated heterocycles. The number of rotatable bonds is 8. The molecule has 5 heteroatoms. The second-order valence-corrected chi connectivity index (χ2v) is 6.57. The minimum atomic E-state index is -0.212. The topological polar surface area (TPSA) is 60.3 Å². The third kappa shape index (κ3) is 5.18. The van der Waals surface area contributed by atoms with Crippen LogP contribution < -0.4 is 10.9 Å². The van der Waals surface area contributed by atoms with Crippen molar-refractivity contribution in [1.82, 2.24) is 9.88 Å². The normalized spacial score (nSPS) is 11.8. The molecule has 144 valence electrons. The Morgan fingerprint density at radius 3 is 2.36 bits per heavy atom. The van der Waals surface area contributed by atoms with E-state index < -0.39 is 0 Å². The van der Waals surface area contributed by atoms with Gasteiger partial charge in [0.15, 0.2) is 0 Å². The van der Waals surface area contributed by atoms with Gasteiger partial charge < -0.3 is 14.6 Å². The summed E-state index contributed by atoms with van der Waals surface area (Å²) < 4.78 is 6.52. The number of nitrogens with one attached hydrogen (secondary N) is 1. The molecule has 1 heterocycles. The molecule has 1 atom stereocenters. The Morgan fingerprint density at radius 2 is 1.68 bits per heavy atom. The summed E-state index contributed by atoms with van der Waals surface area (Å²) >= 11 is 0. The second kappa shape index (κ2) is 9.67. The molecule has 0 aliphatic carbocycles. The number of carbonyl (C=O) groups is 1. The first-order chi connectivity index (χ1) is 13.7. The number of benzene rings is 2. The van der Waals surface area contributed by atoms with Gasteiger partial charge in [-0.25, -0.2) is 0 Å². The number of hydrogen-bond donors (Lipinski definition) is 1. The fourth-order valence-corrected chi connectivity index (χ4v) is 3.06. The van der Waals surface area contributed by atoms with E-state index in [-0.39, 0.29) is 17.5 Å². The van der Waals surface area contributed by atoms with Crippen LogP contribution in [0, 0.1) is 0 Å². The largest absolute Gasteiger partial charge is 0.383 e. The average Bonchev–Trinajstić information content (AvgIpc) is 2.74. The van der Waals surface area contributed by atoms with Crippen LogP contribution in [0.15, 0.2) is 83.8 Å². The van der Waals surface area contributed by atoms with Crippen LogP contribution in [-0.2, 0) is 17.7 Å². The van der Waals surface area contributed by atoms with Crippen LogP contribution in [0.2, 0.25) is 0 Å². The Morgan fingerprint density at radius 1 is 1.00 bits per heavy atom. The average molecular weight is 376 g/mol. The van der Waals surface area contributed by atoms with Crippen LogP contribution in [0.25, 0.3) is 0 Å². The van der Waals surface area contributed by atoms with Gasteiger partial charge in [-0.05, 0) is 23.6 Å². The molecular weight excluding hydrogens is 352 g/mol. The summed E-state index contributed by atoms with van der Waals surface area (Å²) in [6.45, 7) is 0.814. The summed E-state index contributed by atoms with van der Waals surface area (Å²) in [6, 6.07) is 22.8. The summed E-state index contributed by atoms with van der Waals surface area (Å²) in [4.78, 5) is 24.9. The highest BCUT2D eigenvalue weighted by Crippen LogP contribution is 2.19. The van der Waals surface area contributed by atoms with Crippen molar-refractivity contribution in [3.8, 4) is 0 Å². The van der Waals surface area contributed by atoms with Crippen molar-refractivity contribution >= 4 is 5.91 Å². The van der Waals surface area contributed by atoms with Gasteiger partial charge in [-0.15, -0.1) is 0 Å². The van der Waals surface area contributed by atoms with Gasteiger partial charge in [0.05, 0.1) is 18.2 Å². The standard InChI is InChI=1S/C23H24N2O3/c1-28-15-14-25-17-20(12-13-22(25)26)23(27)24-21(19-10-6-3-7-11-19)16-18-8-4-2-5-9-18/h2-13,17,21H,14-16H2,1H3,(H,24,27)/t21-/m1/s1. The zero-order valence-electron chi connectivity index (χ0n) is 15.9. The summed E-state index contributed by atoms with van der Waals surface area (Å²) in [5, 5.41) is 3.12. The minimum absolute atomic E-state index is 0.155. The zero-order chi connectivity index (χ0) is 19.8. The lowest BCUT2D eigenvalue weighted by molar-refractivity contribution is 0.0935. The monoisotopic (exact) mass is 376 g/mol. The maximum absolute atomic E-state index is 12.9. The van der Waals surface area contributed by atoms with Gasteiger partial charge in [-0.2, -0.15) is 0 Å². The number of ether oxygens (including phenoxy) is 1. The maximum Gasteiger partial charge on any atom is 0.253 e. The van der Waals surface area contributed by atoms with Crippen molar-refractivity contribution in [2.24, 2.45) is 0 Å². The molecule has 1 aromatic heterocycles. The maximum atomic E-state index is 12.9. The molecule has 1 amide bonds. The number of nitrogens with zero attached hydrogens (tertiary/aromatic N) is 1. The quantitative estimate of drug-likeness (QED) is 0.657. The van der Waals surface area contributed by atoms with Crippen molar-refractivity contribution < 1.29 is 9.53 Å². The number of methoxy groups -OCH3 is 1. The predicted octanol–water partition coefficient (Wildman–Crippen LogP) is 3.21. The van der Waals surface area contributed by atoms with Gasteiger partial charge in [0.2, 0.25) is 0 Å². The molecule has 3 rings (SSSR count). The van der Waals surface area contributed by atoms with Crippen molar-refractivity contribution in [1.29, 1.82) is 0 Å². The summed E-state index contributed by atoms with van der Waals surface area (Å²) in [5.74, 6) is -0.212. The van der Waals surface area contributed by atoms with Crippen molar-refractivity contribution in [2.45, 2.75) is 19.0 Å². The molecule has 1 N–H and O–H groups in total. The van der Waals surface area contributed by atoms with E-state index in [1.165, 1.54) is 10.6 Å². The molecular formula is C23H24N2O3. The number of carbonyl (C=O) groups excluding carboxylic acids is 1. The molecule has 2 aromatic carbocycles. The summed E-state index contributed by atoms with van der Waals surface area (Å²) in [7, 11) is 1.58. The van der Waals surface area contributed by atoms with Gasteiger partial charge in [-0.1, -0.05) is 60.7 Å².